The second kappa shape index (κ2) is 7.14. The highest BCUT2D eigenvalue weighted by Gasteiger charge is 2.18. The molecular weight excluding hydrogens is 357 g/mol. The molecule has 4 rings (SSSR count). The van der Waals surface area contributed by atoms with Gasteiger partial charge in [-0.05, 0) is 36.4 Å². The molecule has 0 radical (unpaired) electrons. The van der Waals surface area contributed by atoms with Gasteiger partial charge in [0.2, 0.25) is 0 Å². The van der Waals surface area contributed by atoms with Gasteiger partial charge < -0.3 is 15.0 Å². The van der Waals surface area contributed by atoms with Crippen molar-refractivity contribution in [2.45, 2.75) is 12.6 Å². The molecule has 2 aromatic carbocycles. The zero-order chi connectivity index (χ0) is 17.4. The summed E-state index contributed by atoms with van der Waals surface area (Å²) in [7, 11) is 0. The Morgan fingerprint density at radius 2 is 1.48 bits per heavy atom. The molecule has 1 unspecified atom stereocenters. The largest absolute Gasteiger partial charge is 0.390 e. The van der Waals surface area contributed by atoms with E-state index in [4.69, 9.17) is 23.2 Å². The van der Waals surface area contributed by atoms with E-state index >= 15 is 0 Å². The van der Waals surface area contributed by atoms with Gasteiger partial charge in [-0.2, -0.15) is 0 Å². The molecule has 2 heterocycles. The Morgan fingerprint density at radius 1 is 0.920 bits per heavy atom. The highest BCUT2D eigenvalue weighted by Crippen LogP contribution is 2.33. The summed E-state index contributed by atoms with van der Waals surface area (Å²) in [6.07, 6.45) is -0.428. The maximum Gasteiger partial charge on any atom is 0.0845 e. The molecule has 1 aromatic heterocycles. The van der Waals surface area contributed by atoms with Crippen LogP contribution in [-0.4, -0.2) is 53.4 Å². The number of hydrogen-bond donors (Lipinski definition) is 2. The van der Waals surface area contributed by atoms with E-state index < -0.39 is 6.10 Å². The third-order valence-corrected chi connectivity index (χ3v) is 5.33. The lowest BCUT2D eigenvalue weighted by atomic mass is 10.1. The topological polar surface area (TPSA) is 40.4 Å². The molecule has 2 N–H and O–H groups in total. The van der Waals surface area contributed by atoms with Gasteiger partial charge in [-0.3, -0.25) is 4.90 Å². The van der Waals surface area contributed by atoms with Crippen LogP contribution in [0.1, 0.15) is 0 Å². The number of nitrogens with one attached hydrogen (secondary N) is 1. The third kappa shape index (κ3) is 3.50. The zero-order valence-electron chi connectivity index (χ0n) is 13.9. The summed E-state index contributed by atoms with van der Waals surface area (Å²) in [6.45, 7) is 5.17. The minimum atomic E-state index is -0.428. The molecule has 0 amide bonds. The molecule has 132 valence electrons. The van der Waals surface area contributed by atoms with E-state index in [-0.39, 0.29) is 0 Å². The Labute approximate surface area is 156 Å². The summed E-state index contributed by atoms with van der Waals surface area (Å²) in [6, 6.07) is 11.8. The lowest BCUT2D eigenvalue weighted by molar-refractivity contribution is 0.0936. The molecule has 0 bridgehead atoms. The standard InChI is InChI=1S/C19H21Cl2N3O/c20-13-1-3-18-16(9-13)17-10-14(21)2-4-19(17)24(18)12-15(25)11-23-7-5-22-6-8-23/h1-4,9-10,15,22,25H,5-8,11-12H2. The van der Waals surface area contributed by atoms with Crippen LogP contribution >= 0.6 is 23.2 Å². The molecule has 1 atom stereocenters. The van der Waals surface area contributed by atoms with Crippen molar-refractivity contribution in [2.75, 3.05) is 32.7 Å². The summed E-state index contributed by atoms with van der Waals surface area (Å²) in [5.41, 5.74) is 2.14. The Bertz CT molecular complexity index is 843. The Morgan fingerprint density at radius 3 is 2.04 bits per heavy atom. The minimum Gasteiger partial charge on any atom is -0.390 e. The molecule has 1 fully saturated rings. The van der Waals surface area contributed by atoms with Crippen LogP contribution in [0.15, 0.2) is 36.4 Å². The number of nitrogens with zero attached hydrogens (tertiary/aromatic N) is 2. The van der Waals surface area contributed by atoms with Crippen LogP contribution in [0.4, 0.5) is 0 Å². The van der Waals surface area contributed by atoms with Gasteiger partial charge in [0.25, 0.3) is 0 Å². The highest BCUT2D eigenvalue weighted by atomic mass is 35.5. The summed E-state index contributed by atoms with van der Waals surface area (Å²) in [5, 5.41) is 17.5. The number of β-amino-alcohol motifs (C(OH)–C–C–N with tert-alkyl or cyclic N) is 1. The number of piperazine rings is 1. The highest BCUT2D eigenvalue weighted by molar-refractivity contribution is 6.33. The molecule has 1 aliphatic rings. The lowest BCUT2D eigenvalue weighted by Crippen LogP contribution is -2.46. The van der Waals surface area contributed by atoms with Crippen LogP contribution < -0.4 is 5.32 Å². The third-order valence-electron chi connectivity index (χ3n) is 4.86. The fourth-order valence-electron chi connectivity index (χ4n) is 3.71. The number of rotatable bonds is 4. The predicted molar refractivity (Wildman–Crippen MR) is 105 cm³/mol. The molecule has 6 heteroatoms. The predicted octanol–water partition coefficient (Wildman–Crippen LogP) is 3.37. The summed E-state index contributed by atoms with van der Waals surface area (Å²) < 4.78 is 2.17. The summed E-state index contributed by atoms with van der Waals surface area (Å²) in [5.74, 6) is 0. The van der Waals surface area contributed by atoms with Crippen LogP contribution in [0.25, 0.3) is 21.8 Å². The maximum atomic E-state index is 10.7. The SMILES string of the molecule is OC(CN1CCNCC1)Cn1c2ccc(Cl)cc2c2cc(Cl)ccc21. The fourth-order valence-corrected chi connectivity index (χ4v) is 4.05. The molecule has 1 saturated heterocycles. The first kappa shape index (κ1) is 17.1. The van der Waals surface area contributed by atoms with Gasteiger partial charge in [-0.1, -0.05) is 23.2 Å². The van der Waals surface area contributed by atoms with Gasteiger partial charge in [-0.25, -0.2) is 0 Å². The van der Waals surface area contributed by atoms with Crippen molar-refractivity contribution in [3.05, 3.63) is 46.4 Å². The monoisotopic (exact) mass is 377 g/mol. The average molecular weight is 378 g/mol. The Kier molecular flexibility index (Phi) is 4.89. The molecular formula is C19H21Cl2N3O. The number of aliphatic hydroxyl groups is 1. The maximum absolute atomic E-state index is 10.7. The van der Waals surface area contributed by atoms with E-state index in [2.05, 4.69) is 14.8 Å². The van der Waals surface area contributed by atoms with E-state index in [0.29, 0.717) is 23.1 Å². The van der Waals surface area contributed by atoms with Crippen LogP contribution in [0, 0.1) is 0 Å². The Balaban J connectivity index is 1.69. The van der Waals surface area contributed by atoms with Crippen LogP contribution in [0.3, 0.4) is 0 Å². The minimum absolute atomic E-state index is 0.428. The van der Waals surface area contributed by atoms with E-state index in [1.165, 1.54) is 0 Å². The second-order valence-electron chi connectivity index (χ2n) is 6.64. The molecule has 4 nitrogen and oxygen atoms in total. The molecule has 1 aliphatic heterocycles. The number of aromatic nitrogens is 1. The summed E-state index contributed by atoms with van der Waals surface area (Å²) in [4.78, 5) is 2.31. The molecule has 0 aliphatic carbocycles. The van der Waals surface area contributed by atoms with Gasteiger partial charge in [0.15, 0.2) is 0 Å². The van der Waals surface area contributed by atoms with Crippen LogP contribution in [0.2, 0.25) is 10.0 Å². The quantitative estimate of drug-likeness (QED) is 0.732. The van der Waals surface area contributed by atoms with Gasteiger partial charge in [0.05, 0.1) is 12.6 Å². The smallest absolute Gasteiger partial charge is 0.0845 e. The first-order valence-corrected chi connectivity index (χ1v) is 9.35. The first-order valence-electron chi connectivity index (χ1n) is 8.60. The zero-order valence-corrected chi connectivity index (χ0v) is 15.4. The number of hydrogen-bond acceptors (Lipinski definition) is 3. The number of benzene rings is 2. The number of aliphatic hydroxyl groups excluding tert-OH is 1. The van der Waals surface area contributed by atoms with Crippen molar-refractivity contribution in [2.24, 2.45) is 0 Å². The van der Waals surface area contributed by atoms with Gasteiger partial charge in [0, 0.05) is 64.6 Å². The molecule has 3 aromatic rings. The molecule has 25 heavy (non-hydrogen) atoms. The normalized spacial score (nSPS) is 17.4. The fraction of sp³-hybridized carbons (Fsp3) is 0.368. The lowest BCUT2D eigenvalue weighted by Gasteiger charge is -2.29. The van der Waals surface area contributed by atoms with Crippen molar-refractivity contribution in [1.82, 2.24) is 14.8 Å². The van der Waals surface area contributed by atoms with E-state index in [0.717, 1.165) is 48.0 Å². The van der Waals surface area contributed by atoms with Gasteiger partial charge in [0.1, 0.15) is 0 Å². The molecule has 0 saturated carbocycles. The number of halogens is 2. The molecule has 0 spiro atoms. The van der Waals surface area contributed by atoms with Crippen LogP contribution in [-0.2, 0) is 6.54 Å². The van der Waals surface area contributed by atoms with E-state index in [1.807, 2.05) is 36.4 Å². The van der Waals surface area contributed by atoms with Crippen molar-refractivity contribution in [1.29, 1.82) is 0 Å². The van der Waals surface area contributed by atoms with Crippen molar-refractivity contribution < 1.29 is 5.11 Å². The average Bonchev–Trinajstić information content (AvgIpc) is 2.88. The van der Waals surface area contributed by atoms with Gasteiger partial charge in [-0.15, -0.1) is 0 Å². The van der Waals surface area contributed by atoms with Crippen molar-refractivity contribution in [3.63, 3.8) is 0 Å². The Hall–Kier alpha value is -1.30. The summed E-state index contributed by atoms with van der Waals surface area (Å²) >= 11 is 12.4. The second-order valence-corrected chi connectivity index (χ2v) is 7.51. The van der Waals surface area contributed by atoms with E-state index in [9.17, 15) is 5.11 Å². The van der Waals surface area contributed by atoms with Crippen LogP contribution in [0.5, 0.6) is 0 Å². The van der Waals surface area contributed by atoms with Crippen molar-refractivity contribution in [3.8, 4) is 0 Å². The number of fused-ring (bicyclic) bond motifs is 3. The van der Waals surface area contributed by atoms with Crippen molar-refractivity contribution >= 4 is 45.0 Å². The van der Waals surface area contributed by atoms with E-state index in [1.54, 1.807) is 0 Å². The first-order chi connectivity index (χ1) is 12.1. The van der Waals surface area contributed by atoms with Gasteiger partial charge >= 0.3 is 0 Å².